The summed E-state index contributed by atoms with van der Waals surface area (Å²) in [5.41, 5.74) is 1.67. The summed E-state index contributed by atoms with van der Waals surface area (Å²) in [6, 6.07) is 13.4. The van der Waals surface area contributed by atoms with Gasteiger partial charge in [-0.05, 0) is 68.4 Å². The third-order valence-electron chi connectivity index (χ3n) is 11.6. The van der Waals surface area contributed by atoms with Crippen molar-refractivity contribution >= 4 is 35.4 Å². The fourth-order valence-electron chi connectivity index (χ4n) is 8.38. The van der Waals surface area contributed by atoms with Crippen molar-refractivity contribution in [2.75, 3.05) is 19.6 Å². The van der Waals surface area contributed by atoms with E-state index in [4.69, 9.17) is 0 Å². The molecule has 4 heterocycles. The van der Waals surface area contributed by atoms with Crippen LogP contribution < -0.4 is 16.0 Å². The van der Waals surface area contributed by atoms with Crippen molar-refractivity contribution in [3.63, 3.8) is 0 Å². The molecule has 12 nitrogen and oxygen atoms in total. The fraction of sp³-hybridized carbons (Fsp3) is 0.561. The molecule has 2 aromatic carbocycles. The molecule has 6 amide bonds. The first-order chi connectivity index (χ1) is 25.7. The zero-order valence-electron chi connectivity index (χ0n) is 31.0. The molecular formula is C41H54N6O6. The minimum absolute atomic E-state index is 0.175. The van der Waals surface area contributed by atoms with E-state index in [2.05, 4.69) is 16.0 Å². The maximum Gasteiger partial charge on any atom is 0.246 e. The summed E-state index contributed by atoms with van der Waals surface area (Å²) in [5, 5.41) is 9.00. The number of benzene rings is 2. The highest BCUT2D eigenvalue weighted by molar-refractivity contribution is 5.98. The predicted octanol–water partition coefficient (Wildman–Crippen LogP) is 2.74. The van der Waals surface area contributed by atoms with Gasteiger partial charge in [0.25, 0.3) is 0 Å². The van der Waals surface area contributed by atoms with Crippen LogP contribution in [0.1, 0.15) is 82.8 Å². The van der Waals surface area contributed by atoms with E-state index in [0.717, 1.165) is 30.4 Å². The van der Waals surface area contributed by atoms with Crippen LogP contribution in [0.3, 0.4) is 0 Å². The molecule has 0 aliphatic carbocycles. The van der Waals surface area contributed by atoms with Gasteiger partial charge in [0, 0.05) is 32.5 Å². The van der Waals surface area contributed by atoms with Crippen LogP contribution >= 0.6 is 0 Å². The van der Waals surface area contributed by atoms with Gasteiger partial charge in [0.05, 0.1) is 0 Å². The average molecular weight is 727 g/mol. The summed E-state index contributed by atoms with van der Waals surface area (Å²) in [4.78, 5) is 91.0. The molecule has 7 atom stereocenters. The fourth-order valence-corrected chi connectivity index (χ4v) is 8.38. The van der Waals surface area contributed by atoms with E-state index >= 15 is 0 Å². The number of piperidine rings is 2. The van der Waals surface area contributed by atoms with E-state index in [9.17, 15) is 28.8 Å². The molecule has 0 aromatic heterocycles. The van der Waals surface area contributed by atoms with Crippen molar-refractivity contribution in [2.45, 2.75) is 121 Å². The van der Waals surface area contributed by atoms with Gasteiger partial charge in [-0.2, -0.15) is 0 Å². The lowest BCUT2D eigenvalue weighted by atomic mass is 9.92. The number of hydrogen-bond donors (Lipinski definition) is 3. The average Bonchev–Trinajstić information content (AvgIpc) is 3.69. The Morgan fingerprint density at radius 3 is 1.60 bits per heavy atom. The lowest BCUT2D eigenvalue weighted by Crippen LogP contribution is -2.64. The van der Waals surface area contributed by atoms with Gasteiger partial charge < -0.3 is 30.7 Å². The van der Waals surface area contributed by atoms with E-state index in [1.54, 1.807) is 9.80 Å². The van der Waals surface area contributed by atoms with E-state index in [1.165, 1.54) is 4.90 Å². The predicted molar refractivity (Wildman–Crippen MR) is 199 cm³/mol. The molecule has 6 rings (SSSR count). The highest BCUT2D eigenvalue weighted by Gasteiger charge is 2.45. The Balaban J connectivity index is 1.40. The number of nitrogens with one attached hydrogen (secondary N) is 3. The van der Waals surface area contributed by atoms with Gasteiger partial charge in [-0.3, -0.25) is 28.8 Å². The number of amides is 6. The quantitative estimate of drug-likeness (QED) is 0.417. The van der Waals surface area contributed by atoms with Crippen LogP contribution in [0.15, 0.2) is 60.7 Å². The summed E-state index contributed by atoms with van der Waals surface area (Å²) in [7, 11) is 0. The second-order valence-electron chi connectivity index (χ2n) is 15.1. The number of hydrogen-bond acceptors (Lipinski definition) is 6. The number of carbonyl (C=O) groups excluding carboxylic acids is 6. The highest BCUT2D eigenvalue weighted by Crippen LogP contribution is 2.27. The topological polar surface area (TPSA) is 148 Å². The van der Waals surface area contributed by atoms with E-state index in [1.807, 2.05) is 74.5 Å². The first-order valence-electron chi connectivity index (χ1n) is 19.6. The summed E-state index contributed by atoms with van der Waals surface area (Å²) in [6.45, 7) is 4.90. The third kappa shape index (κ3) is 8.74. The van der Waals surface area contributed by atoms with Crippen LogP contribution in [0.25, 0.3) is 0 Å². The van der Waals surface area contributed by atoms with Gasteiger partial charge in [-0.15, -0.1) is 0 Å². The molecule has 0 bridgehead atoms. The highest BCUT2D eigenvalue weighted by atomic mass is 16.2. The standard InChI is InChI=1S/C41H54N6O6/c1-3-27(2)35-41(53)47-23-13-11-20-34(47)40(52)46-22-12-10-19-32(46)38(50)43-31(26-29-17-8-5-9-18-29)39(51)45-24-14-21-33(45)37(49)42-30(36(48)44-35)25-28-15-6-4-7-16-28/h4-9,15-18,27,30-35H,3,10-14,19-26H2,1-2H3,(H,42,49)(H,43,50)(H,44,48)/t27-,30+,31+,32-,33-,34+,35+/m0/s1. The maximum atomic E-state index is 14.6. The second-order valence-corrected chi connectivity index (χ2v) is 15.1. The zero-order chi connectivity index (χ0) is 37.5. The number of rotatable bonds is 6. The molecule has 0 spiro atoms. The summed E-state index contributed by atoms with van der Waals surface area (Å²) in [5.74, 6) is -2.60. The SMILES string of the molecule is CC[C@H](C)[C@H]1NC(=O)[C@@H](Cc2ccccc2)NC(=O)[C@@H]2CCCN2C(=O)[C@@H](Cc2ccccc2)NC(=O)[C@@H]2CCCCN2C(=O)[C@H]2CCCCN2C1=O. The Bertz CT molecular complexity index is 1640. The van der Waals surface area contributed by atoms with Gasteiger partial charge >= 0.3 is 0 Å². The van der Waals surface area contributed by atoms with Gasteiger partial charge in [0.1, 0.15) is 36.3 Å². The molecule has 12 heteroatoms. The number of carbonyl (C=O) groups is 6. The summed E-state index contributed by atoms with van der Waals surface area (Å²) in [6.07, 6.45) is 5.78. The normalized spacial score (nSPS) is 28.5. The van der Waals surface area contributed by atoms with Crippen molar-refractivity contribution in [1.82, 2.24) is 30.7 Å². The van der Waals surface area contributed by atoms with E-state index in [0.29, 0.717) is 58.2 Å². The van der Waals surface area contributed by atoms with Crippen LogP contribution in [-0.2, 0) is 41.6 Å². The van der Waals surface area contributed by atoms with Crippen LogP contribution in [0.4, 0.5) is 0 Å². The molecule has 4 fully saturated rings. The Hall–Kier alpha value is -4.74. The molecule has 284 valence electrons. The first-order valence-corrected chi connectivity index (χ1v) is 19.6. The Morgan fingerprint density at radius 2 is 1.02 bits per heavy atom. The Kier molecular flexibility index (Phi) is 12.5. The minimum atomic E-state index is -1.03. The van der Waals surface area contributed by atoms with Gasteiger partial charge in [-0.25, -0.2) is 0 Å². The van der Waals surface area contributed by atoms with Crippen LogP contribution in [-0.4, -0.2) is 106 Å². The minimum Gasteiger partial charge on any atom is -0.342 e. The van der Waals surface area contributed by atoms with Crippen molar-refractivity contribution < 1.29 is 28.8 Å². The molecule has 0 unspecified atom stereocenters. The second kappa shape index (κ2) is 17.4. The zero-order valence-corrected chi connectivity index (χ0v) is 31.0. The molecule has 53 heavy (non-hydrogen) atoms. The molecule has 0 radical (unpaired) electrons. The third-order valence-corrected chi connectivity index (χ3v) is 11.6. The molecule has 3 N–H and O–H groups in total. The molecule has 4 aliphatic heterocycles. The molecule has 4 aliphatic rings. The lowest BCUT2D eigenvalue weighted by Gasteiger charge is -2.43. The largest absolute Gasteiger partial charge is 0.342 e. The Morgan fingerprint density at radius 1 is 0.547 bits per heavy atom. The number of fused-ring (bicyclic) bond motifs is 3. The molecule has 2 aromatic rings. The van der Waals surface area contributed by atoms with Gasteiger partial charge in [-0.1, -0.05) is 80.9 Å². The van der Waals surface area contributed by atoms with Crippen molar-refractivity contribution in [3.8, 4) is 0 Å². The summed E-state index contributed by atoms with van der Waals surface area (Å²) < 4.78 is 0. The van der Waals surface area contributed by atoms with Crippen molar-refractivity contribution in [3.05, 3.63) is 71.8 Å². The lowest BCUT2D eigenvalue weighted by molar-refractivity contribution is -0.155. The van der Waals surface area contributed by atoms with E-state index in [-0.39, 0.29) is 36.5 Å². The maximum absolute atomic E-state index is 14.6. The monoisotopic (exact) mass is 726 g/mol. The van der Waals surface area contributed by atoms with Crippen molar-refractivity contribution in [2.24, 2.45) is 5.92 Å². The Labute approximate surface area is 312 Å². The number of nitrogens with zero attached hydrogens (tertiary/aromatic N) is 3. The smallest absolute Gasteiger partial charge is 0.246 e. The van der Waals surface area contributed by atoms with Crippen molar-refractivity contribution in [1.29, 1.82) is 0 Å². The van der Waals surface area contributed by atoms with E-state index < -0.39 is 54.0 Å². The molecule has 4 saturated heterocycles. The van der Waals surface area contributed by atoms with Crippen LogP contribution in [0.5, 0.6) is 0 Å². The molecule has 0 saturated carbocycles. The molecular weight excluding hydrogens is 672 g/mol. The van der Waals surface area contributed by atoms with Crippen LogP contribution in [0, 0.1) is 5.92 Å². The van der Waals surface area contributed by atoms with Gasteiger partial charge in [0.2, 0.25) is 35.4 Å². The summed E-state index contributed by atoms with van der Waals surface area (Å²) >= 11 is 0. The van der Waals surface area contributed by atoms with Gasteiger partial charge in [0.15, 0.2) is 0 Å². The van der Waals surface area contributed by atoms with Crippen LogP contribution in [0.2, 0.25) is 0 Å². The first kappa shape index (κ1) is 38.0.